The van der Waals surface area contributed by atoms with Gasteiger partial charge in [0.15, 0.2) is 11.5 Å². The van der Waals surface area contributed by atoms with Crippen LogP contribution in [0.25, 0.3) is 11.0 Å². The van der Waals surface area contributed by atoms with Gasteiger partial charge in [0.25, 0.3) is 5.91 Å². The summed E-state index contributed by atoms with van der Waals surface area (Å²) >= 11 is 0. The van der Waals surface area contributed by atoms with Crippen molar-refractivity contribution in [1.82, 2.24) is 9.97 Å². The average Bonchev–Trinajstić information content (AvgIpc) is 3.18. The highest BCUT2D eigenvalue weighted by Gasteiger charge is 2.43. The highest BCUT2D eigenvalue weighted by Crippen LogP contribution is 2.41. The van der Waals surface area contributed by atoms with Gasteiger partial charge >= 0.3 is 0 Å². The number of aromatic amines is 1. The van der Waals surface area contributed by atoms with E-state index in [1.54, 1.807) is 24.5 Å². The summed E-state index contributed by atoms with van der Waals surface area (Å²) in [5.74, 6) is -1.41. The van der Waals surface area contributed by atoms with Gasteiger partial charge in [-0.25, -0.2) is 4.98 Å². The minimum Gasteiger partial charge on any atom is -0.503 e. The predicted octanol–water partition coefficient (Wildman–Crippen LogP) is 3.05. The van der Waals surface area contributed by atoms with E-state index in [4.69, 9.17) is 0 Å². The van der Waals surface area contributed by atoms with Gasteiger partial charge in [0.05, 0.1) is 29.0 Å². The molecule has 1 atom stereocenters. The third kappa shape index (κ3) is 2.30. The van der Waals surface area contributed by atoms with Crippen LogP contribution in [0.1, 0.15) is 18.5 Å². The summed E-state index contributed by atoms with van der Waals surface area (Å²) in [5.41, 5.74) is 3.00. The summed E-state index contributed by atoms with van der Waals surface area (Å²) in [7, 11) is 0. The molecule has 1 aromatic heterocycles. The summed E-state index contributed by atoms with van der Waals surface area (Å²) in [6.07, 6.45) is 1.58. The zero-order valence-electron chi connectivity index (χ0n) is 13.4. The number of ketones is 1. The second kappa shape index (κ2) is 5.59. The Labute approximate surface area is 143 Å². The van der Waals surface area contributed by atoms with Gasteiger partial charge in [-0.2, -0.15) is 0 Å². The van der Waals surface area contributed by atoms with E-state index in [1.807, 2.05) is 30.3 Å². The van der Waals surface area contributed by atoms with E-state index < -0.39 is 17.7 Å². The maximum absolute atomic E-state index is 12.7. The standard InChI is InChI=1S/C19H15N3O3/c1-11(23)16-17(12-5-3-2-4-6-12)22(19(25)18(16)24)13-7-8-14-15(9-13)21-10-20-14/h2-10,17,24H,1H3,(H,20,21). The number of carbonyl (C=O) groups excluding carboxylic acids is 2. The molecule has 0 fully saturated rings. The number of hydrogen-bond acceptors (Lipinski definition) is 4. The molecule has 2 N–H and O–H groups in total. The van der Waals surface area contributed by atoms with E-state index in [0.29, 0.717) is 5.69 Å². The molecule has 1 aliphatic heterocycles. The lowest BCUT2D eigenvalue weighted by Crippen LogP contribution is -2.30. The van der Waals surface area contributed by atoms with Crippen LogP contribution in [0.5, 0.6) is 0 Å². The molecule has 4 rings (SSSR count). The number of hydrogen-bond donors (Lipinski definition) is 2. The number of carbonyl (C=O) groups is 2. The summed E-state index contributed by atoms with van der Waals surface area (Å²) in [6, 6.07) is 13.9. The number of imidazole rings is 1. The predicted molar refractivity (Wildman–Crippen MR) is 93.1 cm³/mol. The lowest BCUT2D eigenvalue weighted by atomic mass is 9.96. The second-order valence-electron chi connectivity index (χ2n) is 5.91. The van der Waals surface area contributed by atoms with Crippen LogP contribution in [-0.2, 0) is 9.59 Å². The Balaban J connectivity index is 1.90. The second-order valence-corrected chi connectivity index (χ2v) is 5.91. The molecule has 6 heteroatoms. The van der Waals surface area contributed by atoms with Crippen LogP contribution in [0, 0.1) is 0 Å². The number of aliphatic hydroxyl groups is 1. The van der Waals surface area contributed by atoms with Crippen LogP contribution in [0.3, 0.4) is 0 Å². The molecule has 1 amide bonds. The van der Waals surface area contributed by atoms with Gasteiger partial charge in [0.1, 0.15) is 0 Å². The van der Waals surface area contributed by atoms with Crippen molar-refractivity contribution in [3.63, 3.8) is 0 Å². The summed E-state index contributed by atoms with van der Waals surface area (Å²) in [6.45, 7) is 1.36. The Morgan fingerprint density at radius 1 is 1.20 bits per heavy atom. The number of Topliss-reactive ketones (excluding diaryl/α,β-unsaturated/α-hetero) is 1. The molecule has 2 heterocycles. The lowest BCUT2D eigenvalue weighted by Gasteiger charge is -2.26. The van der Waals surface area contributed by atoms with Crippen molar-refractivity contribution in [2.24, 2.45) is 0 Å². The fourth-order valence-electron chi connectivity index (χ4n) is 3.26. The molecule has 2 aromatic carbocycles. The van der Waals surface area contributed by atoms with Crippen LogP contribution in [0.15, 0.2) is 66.2 Å². The number of fused-ring (bicyclic) bond motifs is 1. The molecule has 0 saturated carbocycles. The quantitative estimate of drug-likeness (QED) is 0.771. The van der Waals surface area contributed by atoms with Gasteiger partial charge < -0.3 is 10.1 Å². The number of amides is 1. The van der Waals surface area contributed by atoms with E-state index in [0.717, 1.165) is 16.6 Å². The molecule has 1 aliphatic rings. The van der Waals surface area contributed by atoms with Crippen LogP contribution in [0.2, 0.25) is 0 Å². The lowest BCUT2D eigenvalue weighted by molar-refractivity contribution is -0.117. The van der Waals surface area contributed by atoms with Crippen LogP contribution < -0.4 is 4.90 Å². The van der Waals surface area contributed by atoms with Gasteiger partial charge in [0.2, 0.25) is 0 Å². The zero-order valence-corrected chi connectivity index (χ0v) is 13.4. The first kappa shape index (κ1) is 15.1. The van der Waals surface area contributed by atoms with E-state index in [9.17, 15) is 14.7 Å². The van der Waals surface area contributed by atoms with Crippen molar-refractivity contribution < 1.29 is 14.7 Å². The number of H-pyrrole nitrogens is 1. The van der Waals surface area contributed by atoms with Gasteiger partial charge in [-0.1, -0.05) is 30.3 Å². The number of aliphatic hydroxyl groups excluding tert-OH is 1. The maximum atomic E-state index is 12.7. The van der Waals surface area contributed by atoms with Crippen molar-refractivity contribution in [3.8, 4) is 0 Å². The van der Waals surface area contributed by atoms with Gasteiger partial charge in [-0.05, 0) is 30.7 Å². The number of benzene rings is 2. The van der Waals surface area contributed by atoms with Crippen LogP contribution in [0.4, 0.5) is 5.69 Å². The molecule has 0 bridgehead atoms. The average molecular weight is 333 g/mol. The van der Waals surface area contributed by atoms with Gasteiger partial charge in [-0.3, -0.25) is 14.5 Å². The first-order valence-corrected chi connectivity index (χ1v) is 7.83. The molecule has 25 heavy (non-hydrogen) atoms. The van der Waals surface area contributed by atoms with E-state index >= 15 is 0 Å². The Morgan fingerprint density at radius 2 is 1.96 bits per heavy atom. The fourth-order valence-corrected chi connectivity index (χ4v) is 3.26. The van der Waals surface area contributed by atoms with Crippen molar-refractivity contribution >= 4 is 28.4 Å². The molecule has 1 unspecified atom stereocenters. The third-order valence-electron chi connectivity index (χ3n) is 4.38. The first-order valence-electron chi connectivity index (χ1n) is 7.83. The van der Waals surface area contributed by atoms with Crippen molar-refractivity contribution in [2.75, 3.05) is 4.90 Å². The Morgan fingerprint density at radius 3 is 2.68 bits per heavy atom. The Hall–Kier alpha value is -3.41. The SMILES string of the molecule is CC(=O)C1=C(O)C(=O)N(c2ccc3nc[nH]c3c2)C1c1ccccc1. The van der Waals surface area contributed by atoms with Gasteiger partial charge in [0, 0.05) is 5.69 Å². The topological polar surface area (TPSA) is 86.3 Å². The highest BCUT2D eigenvalue weighted by molar-refractivity contribution is 6.16. The molecular weight excluding hydrogens is 318 g/mol. The fraction of sp³-hybridized carbons (Fsp3) is 0.105. The molecule has 6 nitrogen and oxygen atoms in total. The minimum absolute atomic E-state index is 0.112. The number of nitrogens with zero attached hydrogens (tertiary/aromatic N) is 2. The van der Waals surface area contributed by atoms with E-state index in [1.165, 1.54) is 11.8 Å². The normalized spacial score (nSPS) is 17.6. The summed E-state index contributed by atoms with van der Waals surface area (Å²) in [5, 5.41) is 10.3. The summed E-state index contributed by atoms with van der Waals surface area (Å²) in [4.78, 5) is 33.5. The number of aromatic nitrogens is 2. The molecule has 124 valence electrons. The van der Waals surface area contributed by atoms with Crippen LogP contribution >= 0.6 is 0 Å². The van der Waals surface area contributed by atoms with Crippen molar-refractivity contribution in [3.05, 3.63) is 71.8 Å². The third-order valence-corrected chi connectivity index (χ3v) is 4.38. The number of rotatable bonds is 3. The molecular formula is C19H15N3O3. The Bertz CT molecular complexity index is 1020. The molecule has 3 aromatic rings. The first-order chi connectivity index (χ1) is 12.1. The maximum Gasteiger partial charge on any atom is 0.294 e. The number of nitrogens with one attached hydrogen (secondary N) is 1. The Kier molecular flexibility index (Phi) is 3.39. The van der Waals surface area contributed by atoms with Crippen molar-refractivity contribution in [2.45, 2.75) is 13.0 Å². The number of anilines is 1. The van der Waals surface area contributed by atoms with Gasteiger partial charge in [-0.15, -0.1) is 0 Å². The zero-order chi connectivity index (χ0) is 17.6. The molecule has 0 spiro atoms. The molecule has 0 saturated heterocycles. The monoisotopic (exact) mass is 333 g/mol. The highest BCUT2D eigenvalue weighted by atomic mass is 16.3. The minimum atomic E-state index is -0.661. The molecule has 0 radical (unpaired) electrons. The molecule has 0 aliphatic carbocycles. The van der Waals surface area contributed by atoms with E-state index in [-0.39, 0.29) is 11.4 Å². The summed E-state index contributed by atoms with van der Waals surface area (Å²) < 4.78 is 0. The largest absolute Gasteiger partial charge is 0.503 e. The smallest absolute Gasteiger partial charge is 0.294 e. The van der Waals surface area contributed by atoms with Crippen LogP contribution in [-0.4, -0.2) is 26.8 Å². The van der Waals surface area contributed by atoms with Crippen molar-refractivity contribution in [1.29, 1.82) is 0 Å². The van der Waals surface area contributed by atoms with E-state index in [2.05, 4.69) is 9.97 Å².